The third kappa shape index (κ3) is 2.88. The molecule has 96 valence electrons. The number of hydrogen-bond donors (Lipinski definition) is 1. The molecule has 4 nitrogen and oxygen atoms in total. The number of carbonyl (C=O) groups is 1. The molecule has 1 amide bonds. The van der Waals surface area contributed by atoms with Gasteiger partial charge < -0.3 is 9.73 Å². The Morgan fingerprint density at radius 3 is 2.94 bits per heavy atom. The van der Waals surface area contributed by atoms with E-state index in [1.54, 1.807) is 6.07 Å². The van der Waals surface area contributed by atoms with Crippen LogP contribution in [0.5, 0.6) is 0 Å². The van der Waals surface area contributed by atoms with Crippen LogP contribution in [0.4, 0.5) is 0 Å². The van der Waals surface area contributed by atoms with Gasteiger partial charge in [0.25, 0.3) is 5.91 Å². The monoisotopic (exact) mass is 246 g/mol. The number of nitrogens with one attached hydrogen (secondary N) is 1. The maximum atomic E-state index is 11.8. The topological polar surface area (TPSA) is 55.1 Å². The van der Waals surface area contributed by atoms with E-state index in [2.05, 4.69) is 24.1 Å². The molecule has 1 N–H and O–H groups in total. The van der Waals surface area contributed by atoms with Crippen LogP contribution in [-0.2, 0) is 0 Å². The minimum absolute atomic E-state index is 0.175. The molecule has 0 aromatic carbocycles. The summed E-state index contributed by atoms with van der Waals surface area (Å²) in [4.78, 5) is 16.2. The molecule has 0 radical (unpaired) electrons. The van der Waals surface area contributed by atoms with Gasteiger partial charge in [-0.25, -0.2) is 4.98 Å². The summed E-state index contributed by atoms with van der Waals surface area (Å²) >= 11 is 0. The van der Waals surface area contributed by atoms with Crippen molar-refractivity contribution in [3.8, 4) is 0 Å². The molecule has 0 bridgehead atoms. The fourth-order valence-electron chi connectivity index (χ4n) is 1.70. The van der Waals surface area contributed by atoms with Gasteiger partial charge in [-0.2, -0.15) is 0 Å². The molecular weight excluding hydrogens is 228 g/mol. The average Bonchev–Trinajstić information content (AvgIpc) is 2.71. The first-order valence-corrected chi connectivity index (χ1v) is 6.21. The van der Waals surface area contributed by atoms with Gasteiger partial charge in [0.2, 0.25) is 0 Å². The second kappa shape index (κ2) is 5.21. The second-order valence-electron chi connectivity index (χ2n) is 4.89. The number of pyridine rings is 1. The molecule has 0 aliphatic heterocycles. The fraction of sp³-hybridized carbons (Fsp3) is 0.429. The first kappa shape index (κ1) is 12.6. The van der Waals surface area contributed by atoms with Crippen LogP contribution < -0.4 is 5.32 Å². The number of rotatable bonds is 4. The highest BCUT2D eigenvalue weighted by molar-refractivity contribution is 5.95. The third-order valence-electron chi connectivity index (χ3n) is 2.74. The van der Waals surface area contributed by atoms with Gasteiger partial charge in [0, 0.05) is 18.3 Å². The zero-order valence-corrected chi connectivity index (χ0v) is 11.0. The first-order valence-electron chi connectivity index (χ1n) is 6.21. The molecule has 0 aliphatic carbocycles. The molecule has 2 heterocycles. The van der Waals surface area contributed by atoms with E-state index in [9.17, 15) is 4.79 Å². The van der Waals surface area contributed by atoms with Crippen LogP contribution in [0.1, 0.15) is 36.5 Å². The molecule has 2 aromatic rings. The second-order valence-corrected chi connectivity index (χ2v) is 4.89. The molecule has 0 saturated heterocycles. The Kier molecular flexibility index (Phi) is 3.65. The lowest BCUT2D eigenvalue weighted by atomic mass is 10.1. The number of furan rings is 1. The molecular formula is C14H18N2O2. The number of carbonyl (C=O) groups excluding carboxylic acids is 1. The van der Waals surface area contributed by atoms with Gasteiger partial charge in [-0.1, -0.05) is 13.8 Å². The summed E-state index contributed by atoms with van der Waals surface area (Å²) in [5.41, 5.74) is 2.29. The van der Waals surface area contributed by atoms with Crippen molar-refractivity contribution in [1.29, 1.82) is 0 Å². The number of amides is 1. The quantitative estimate of drug-likeness (QED) is 0.902. The van der Waals surface area contributed by atoms with E-state index < -0.39 is 0 Å². The van der Waals surface area contributed by atoms with Crippen LogP contribution in [-0.4, -0.2) is 17.4 Å². The Bertz CT molecular complexity index is 558. The van der Waals surface area contributed by atoms with Crippen molar-refractivity contribution in [1.82, 2.24) is 10.3 Å². The van der Waals surface area contributed by atoms with Gasteiger partial charge in [-0.15, -0.1) is 0 Å². The summed E-state index contributed by atoms with van der Waals surface area (Å²) in [5.74, 6) is 0.725. The van der Waals surface area contributed by atoms with Gasteiger partial charge in [0.05, 0.1) is 0 Å². The normalized spacial score (nSPS) is 11.1. The van der Waals surface area contributed by atoms with Crippen LogP contribution in [0.3, 0.4) is 0 Å². The first-order chi connectivity index (χ1) is 8.56. The standard InChI is InChI=1S/C14H18N2O2/c1-9(2)6-7-15-14(17)13-8-11-12(18-13)5-4-10(3)16-11/h4-5,8-9H,6-7H2,1-3H3,(H,15,17). The van der Waals surface area contributed by atoms with Gasteiger partial charge in [-0.3, -0.25) is 4.79 Å². The molecule has 2 aromatic heterocycles. The zero-order chi connectivity index (χ0) is 13.1. The molecule has 18 heavy (non-hydrogen) atoms. The van der Waals surface area contributed by atoms with Gasteiger partial charge in [0.15, 0.2) is 11.3 Å². The molecule has 2 rings (SSSR count). The van der Waals surface area contributed by atoms with Crippen molar-refractivity contribution in [2.75, 3.05) is 6.54 Å². The van der Waals surface area contributed by atoms with Crippen LogP contribution >= 0.6 is 0 Å². The lowest BCUT2D eigenvalue weighted by molar-refractivity contribution is 0.0926. The third-order valence-corrected chi connectivity index (χ3v) is 2.74. The summed E-state index contributed by atoms with van der Waals surface area (Å²) < 4.78 is 5.47. The zero-order valence-electron chi connectivity index (χ0n) is 11.0. The maximum Gasteiger partial charge on any atom is 0.287 e. The predicted octanol–water partition coefficient (Wildman–Crippen LogP) is 2.91. The number of hydrogen-bond acceptors (Lipinski definition) is 3. The Hall–Kier alpha value is -1.84. The number of aromatic nitrogens is 1. The molecule has 0 aliphatic rings. The van der Waals surface area contributed by atoms with Gasteiger partial charge in [-0.05, 0) is 31.4 Å². The lowest BCUT2D eigenvalue weighted by Crippen LogP contribution is -2.24. The summed E-state index contributed by atoms with van der Waals surface area (Å²) in [6.07, 6.45) is 0.962. The van der Waals surface area contributed by atoms with Crippen LogP contribution in [0.25, 0.3) is 11.1 Å². The number of aryl methyl sites for hydroxylation is 1. The molecule has 4 heteroatoms. The summed E-state index contributed by atoms with van der Waals surface area (Å²) in [7, 11) is 0. The summed E-state index contributed by atoms with van der Waals surface area (Å²) in [6.45, 7) is 6.83. The minimum Gasteiger partial charge on any atom is -0.449 e. The molecule has 0 fully saturated rings. The SMILES string of the molecule is Cc1ccc2oc(C(=O)NCCC(C)C)cc2n1. The Morgan fingerprint density at radius 1 is 1.44 bits per heavy atom. The minimum atomic E-state index is -0.175. The Morgan fingerprint density at radius 2 is 2.22 bits per heavy atom. The average molecular weight is 246 g/mol. The lowest BCUT2D eigenvalue weighted by Gasteiger charge is -2.04. The van der Waals surface area contributed by atoms with E-state index in [1.165, 1.54) is 0 Å². The van der Waals surface area contributed by atoms with E-state index in [4.69, 9.17) is 4.42 Å². The highest BCUT2D eigenvalue weighted by Crippen LogP contribution is 2.17. The summed E-state index contributed by atoms with van der Waals surface area (Å²) in [5, 5.41) is 2.85. The fourth-order valence-corrected chi connectivity index (χ4v) is 1.70. The molecule has 0 saturated carbocycles. The largest absolute Gasteiger partial charge is 0.449 e. The highest BCUT2D eigenvalue weighted by Gasteiger charge is 2.12. The van der Waals surface area contributed by atoms with Crippen molar-refractivity contribution in [2.24, 2.45) is 5.92 Å². The van der Waals surface area contributed by atoms with Crippen molar-refractivity contribution >= 4 is 17.0 Å². The van der Waals surface area contributed by atoms with Gasteiger partial charge >= 0.3 is 0 Å². The van der Waals surface area contributed by atoms with E-state index in [0.717, 1.165) is 17.6 Å². The Balaban J connectivity index is 2.08. The van der Waals surface area contributed by atoms with E-state index in [1.807, 2.05) is 19.1 Å². The maximum absolute atomic E-state index is 11.8. The Labute approximate surface area is 106 Å². The van der Waals surface area contributed by atoms with E-state index >= 15 is 0 Å². The number of nitrogens with zero attached hydrogens (tertiary/aromatic N) is 1. The van der Waals surface area contributed by atoms with Crippen LogP contribution in [0.2, 0.25) is 0 Å². The molecule has 0 atom stereocenters. The van der Waals surface area contributed by atoms with Crippen molar-refractivity contribution < 1.29 is 9.21 Å². The van der Waals surface area contributed by atoms with Crippen LogP contribution in [0, 0.1) is 12.8 Å². The predicted molar refractivity (Wildman–Crippen MR) is 70.5 cm³/mol. The smallest absolute Gasteiger partial charge is 0.287 e. The summed E-state index contributed by atoms with van der Waals surface area (Å²) in [6, 6.07) is 5.39. The molecule has 0 spiro atoms. The van der Waals surface area contributed by atoms with Gasteiger partial charge in [0.1, 0.15) is 5.52 Å². The van der Waals surface area contributed by atoms with E-state index in [-0.39, 0.29) is 5.91 Å². The van der Waals surface area contributed by atoms with Crippen LogP contribution in [0.15, 0.2) is 22.6 Å². The number of fused-ring (bicyclic) bond motifs is 1. The van der Waals surface area contributed by atoms with Crippen molar-refractivity contribution in [3.63, 3.8) is 0 Å². The van der Waals surface area contributed by atoms with Crippen molar-refractivity contribution in [3.05, 3.63) is 29.7 Å². The van der Waals surface area contributed by atoms with E-state index in [0.29, 0.717) is 23.8 Å². The highest BCUT2D eigenvalue weighted by atomic mass is 16.3. The van der Waals surface area contributed by atoms with Crippen molar-refractivity contribution in [2.45, 2.75) is 27.2 Å². The molecule has 0 unspecified atom stereocenters.